The van der Waals surface area contributed by atoms with Crippen molar-refractivity contribution in [3.63, 3.8) is 0 Å². The monoisotopic (exact) mass is 392 g/mol. The van der Waals surface area contributed by atoms with E-state index in [4.69, 9.17) is 13.8 Å². The van der Waals surface area contributed by atoms with Gasteiger partial charge >= 0.3 is 7.60 Å². The van der Waals surface area contributed by atoms with Crippen LogP contribution < -0.4 is 0 Å². The van der Waals surface area contributed by atoms with Crippen molar-refractivity contribution in [1.82, 2.24) is 0 Å². The highest BCUT2D eigenvalue weighted by Gasteiger charge is 2.25. The highest BCUT2D eigenvalue weighted by molar-refractivity contribution is 7.53. The molecule has 0 rings (SSSR count). The van der Waals surface area contributed by atoms with Gasteiger partial charge in [-0.1, -0.05) is 72.6 Å². The van der Waals surface area contributed by atoms with Crippen molar-refractivity contribution in [3.05, 3.63) is 0 Å². The summed E-state index contributed by atoms with van der Waals surface area (Å²) in [5.74, 6) is 1.24. The molecular formula is C21H45O4P. The van der Waals surface area contributed by atoms with Crippen molar-refractivity contribution < 1.29 is 18.3 Å². The Morgan fingerprint density at radius 1 is 0.769 bits per heavy atom. The normalized spacial score (nSPS) is 16.3. The van der Waals surface area contributed by atoms with Crippen molar-refractivity contribution in [1.29, 1.82) is 0 Å². The van der Waals surface area contributed by atoms with Crippen LogP contribution in [0.2, 0.25) is 0 Å². The molecule has 158 valence electrons. The van der Waals surface area contributed by atoms with E-state index in [1.165, 1.54) is 38.5 Å². The van der Waals surface area contributed by atoms with Crippen molar-refractivity contribution in [2.75, 3.05) is 32.6 Å². The Labute approximate surface area is 163 Å². The molecule has 5 heteroatoms. The molecular weight excluding hydrogens is 347 g/mol. The topological polar surface area (TPSA) is 44.8 Å². The molecule has 0 aliphatic rings. The van der Waals surface area contributed by atoms with Crippen LogP contribution in [-0.4, -0.2) is 32.6 Å². The fourth-order valence-corrected chi connectivity index (χ4v) is 4.89. The summed E-state index contributed by atoms with van der Waals surface area (Å²) in [5, 5.41) is 0. The standard InChI is InChI=1S/C21H45O4P/c1-6-11-13-20(8-3)15-18-26(22,24-10-5)25-17-16-23-19-21(9-4)14-12-7-2/h20-21H,6-19H2,1-5H3. The third-order valence-corrected chi connectivity index (χ3v) is 7.13. The zero-order chi connectivity index (χ0) is 19.7. The molecule has 0 fully saturated rings. The minimum atomic E-state index is -2.99. The lowest BCUT2D eigenvalue weighted by molar-refractivity contribution is 0.0643. The number of rotatable bonds is 19. The molecule has 0 aliphatic carbocycles. The van der Waals surface area contributed by atoms with Crippen molar-refractivity contribution in [2.24, 2.45) is 11.8 Å². The van der Waals surface area contributed by atoms with Crippen molar-refractivity contribution in [3.8, 4) is 0 Å². The lowest BCUT2D eigenvalue weighted by Gasteiger charge is -2.21. The molecule has 0 bridgehead atoms. The minimum absolute atomic E-state index is 0.354. The Morgan fingerprint density at radius 2 is 1.38 bits per heavy atom. The smallest absolute Gasteiger partial charge is 0.330 e. The van der Waals surface area contributed by atoms with Gasteiger partial charge in [-0.15, -0.1) is 0 Å². The molecule has 0 aliphatic heterocycles. The van der Waals surface area contributed by atoms with Gasteiger partial charge in [0, 0.05) is 6.61 Å². The van der Waals surface area contributed by atoms with E-state index in [1.807, 2.05) is 6.92 Å². The van der Waals surface area contributed by atoms with Crippen LogP contribution in [0, 0.1) is 11.8 Å². The molecule has 0 aromatic rings. The summed E-state index contributed by atoms with van der Waals surface area (Å²) in [5.41, 5.74) is 0. The van der Waals surface area contributed by atoms with E-state index in [9.17, 15) is 4.57 Å². The first kappa shape index (κ1) is 26.1. The summed E-state index contributed by atoms with van der Waals surface area (Å²) < 4.78 is 29.8. The van der Waals surface area contributed by atoms with Gasteiger partial charge in [-0.05, 0) is 31.6 Å². The Kier molecular flexibility index (Phi) is 17.3. The van der Waals surface area contributed by atoms with E-state index < -0.39 is 7.60 Å². The van der Waals surface area contributed by atoms with Crippen LogP contribution >= 0.6 is 7.60 Å². The first-order valence-electron chi connectivity index (χ1n) is 11.0. The van der Waals surface area contributed by atoms with Gasteiger partial charge in [-0.2, -0.15) is 0 Å². The van der Waals surface area contributed by atoms with Crippen LogP contribution in [0.1, 0.15) is 92.4 Å². The SMILES string of the molecule is CCCCC(CC)CCP(=O)(OCC)OCCOCC(CC)CCCC. The number of hydrogen-bond donors (Lipinski definition) is 0. The summed E-state index contributed by atoms with van der Waals surface area (Å²) in [7, 11) is -2.99. The summed E-state index contributed by atoms with van der Waals surface area (Å²) in [6, 6.07) is 0. The number of ether oxygens (including phenoxy) is 1. The largest absolute Gasteiger partial charge is 0.379 e. The highest BCUT2D eigenvalue weighted by atomic mass is 31.2. The third kappa shape index (κ3) is 13.3. The second-order valence-electron chi connectivity index (χ2n) is 7.28. The van der Waals surface area contributed by atoms with Gasteiger partial charge in [-0.3, -0.25) is 4.57 Å². The van der Waals surface area contributed by atoms with Gasteiger partial charge in [0.2, 0.25) is 0 Å². The fraction of sp³-hybridized carbons (Fsp3) is 1.00. The van der Waals surface area contributed by atoms with E-state index in [2.05, 4.69) is 27.7 Å². The lowest BCUT2D eigenvalue weighted by atomic mass is 9.97. The minimum Gasteiger partial charge on any atom is -0.379 e. The molecule has 0 aromatic heterocycles. The maximum atomic E-state index is 12.9. The van der Waals surface area contributed by atoms with Gasteiger partial charge < -0.3 is 13.8 Å². The van der Waals surface area contributed by atoms with E-state index in [0.717, 1.165) is 25.9 Å². The molecule has 3 atom stereocenters. The Hall–Kier alpha value is 0.110. The average molecular weight is 393 g/mol. The zero-order valence-electron chi connectivity index (χ0n) is 18.1. The van der Waals surface area contributed by atoms with E-state index >= 15 is 0 Å². The van der Waals surface area contributed by atoms with Crippen LogP contribution in [0.15, 0.2) is 0 Å². The molecule has 4 nitrogen and oxygen atoms in total. The fourth-order valence-electron chi connectivity index (χ4n) is 3.13. The van der Waals surface area contributed by atoms with E-state index in [0.29, 0.717) is 37.8 Å². The second kappa shape index (κ2) is 17.2. The Balaban J connectivity index is 4.17. The predicted octanol–water partition coefficient (Wildman–Crippen LogP) is 7.07. The molecule has 0 aromatic carbocycles. The Bertz CT molecular complexity index is 349. The van der Waals surface area contributed by atoms with Crippen LogP contribution in [0.25, 0.3) is 0 Å². The quantitative estimate of drug-likeness (QED) is 0.174. The van der Waals surface area contributed by atoms with Crippen LogP contribution in [-0.2, 0) is 18.3 Å². The highest BCUT2D eigenvalue weighted by Crippen LogP contribution is 2.49. The average Bonchev–Trinajstić information content (AvgIpc) is 2.64. The predicted molar refractivity (Wildman–Crippen MR) is 112 cm³/mol. The van der Waals surface area contributed by atoms with Gasteiger partial charge in [-0.25, -0.2) is 0 Å². The molecule has 0 saturated carbocycles. The molecule has 0 radical (unpaired) electrons. The van der Waals surface area contributed by atoms with Gasteiger partial charge in [0.15, 0.2) is 0 Å². The van der Waals surface area contributed by atoms with Gasteiger partial charge in [0.05, 0.1) is 26.0 Å². The van der Waals surface area contributed by atoms with Gasteiger partial charge in [0.25, 0.3) is 0 Å². The number of hydrogen-bond acceptors (Lipinski definition) is 4. The third-order valence-electron chi connectivity index (χ3n) is 5.09. The van der Waals surface area contributed by atoms with Crippen LogP contribution in [0.3, 0.4) is 0 Å². The summed E-state index contributed by atoms with van der Waals surface area (Å²) in [6.45, 7) is 12.8. The maximum absolute atomic E-state index is 12.9. The molecule has 0 saturated heterocycles. The summed E-state index contributed by atoms with van der Waals surface area (Å²) in [4.78, 5) is 0. The van der Waals surface area contributed by atoms with Crippen LogP contribution in [0.5, 0.6) is 0 Å². The summed E-state index contributed by atoms with van der Waals surface area (Å²) >= 11 is 0. The van der Waals surface area contributed by atoms with Crippen LogP contribution in [0.4, 0.5) is 0 Å². The summed E-state index contributed by atoms with van der Waals surface area (Å²) in [6.07, 6.45) is 11.1. The number of unbranched alkanes of at least 4 members (excludes halogenated alkanes) is 2. The zero-order valence-corrected chi connectivity index (χ0v) is 19.0. The second-order valence-corrected chi connectivity index (χ2v) is 9.47. The molecule has 3 unspecified atom stereocenters. The molecule has 0 N–H and O–H groups in total. The van der Waals surface area contributed by atoms with Gasteiger partial charge in [0.1, 0.15) is 0 Å². The lowest BCUT2D eigenvalue weighted by Crippen LogP contribution is -2.13. The first-order chi connectivity index (χ1) is 12.5. The van der Waals surface area contributed by atoms with E-state index in [-0.39, 0.29) is 0 Å². The molecule has 0 heterocycles. The molecule has 0 spiro atoms. The maximum Gasteiger partial charge on any atom is 0.330 e. The van der Waals surface area contributed by atoms with Crippen molar-refractivity contribution in [2.45, 2.75) is 92.4 Å². The molecule has 26 heavy (non-hydrogen) atoms. The Morgan fingerprint density at radius 3 is 1.92 bits per heavy atom. The van der Waals surface area contributed by atoms with E-state index in [1.54, 1.807) is 0 Å². The first-order valence-corrected chi connectivity index (χ1v) is 12.7. The molecule has 0 amide bonds. The van der Waals surface area contributed by atoms with Crippen molar-refractivity contribution >= 4 is 7.60 Å².